The molecule has 1 fully saturated rings. The summed E-state index contributed by atoms with van der Waals surface area (Å²) in [5, 5.41) is 6.80. The van der Waals surface area contributed by atoms with Gasteiger partial charge in [0.15, 0.2) is 0 Å². The topological polar surface area (TPSA) is 72.9 Å². The van der Waals surface area contributed by atoms with E-state index in [0.29, 0.717) is 5.69 Å². The second kappa shape index (κ2) is 3.09. The SMILES string of the molecule is CCn1cc(NC(=O)C2(N)CC2)cn1. The monoisotopic (exact) mass is 194 g/mol. The molecule has 0 radical (unpaired) electrons. The third-order valence-electron chi connectivity index (χ3n) is 2.46. The molecule has 1 aliphatic carbocycles. The summed E-state index contributed by atoms with van der Waals surface area (Å²) in [6.45, 7) is 2.79. The third-order valence-corrected chi connectivity index (χ3v) is 2.46. The summed E-state index contributed by atoms with van der Waals surface area (Å²) in [6.07, 6.45) is 4.98. The van der Waals surface area contributed by atoms with Crippen molar-refractivity contribution in [3.63, 3.8) is 0 Å². The third kappa shape index (κ3) is 1.63. The Hall–Kier alpha value is -1.36. The summed E-state index contributed by atoms with van der Waals surface area (Å²) >= 11 is 0. The molecule has 2 rings (SSSR count). The Labute approximate surface area is 82.3 Å². The van der Waals surface area contributed by atoms with Gasteiger partial charge < -0.3 is 11.1 Å². The van der Waals surface area contributed by atoms with Crippen molar-refractivity contribution in [2.24, 2.45) is 5.73 Å². The van der Waals surface area contributed by atoms with Gasteiger partial charge >= 0.3 is 0 Å². The van der Waals surface area contributed by atoms with Gasteiger partial charge in [0.2, 0.25) is 5.91 Å². The van der Waals surface area contributed by atoms with E-state index in [9.17, 15) is 4.79 Å². The summed E-state index contributed by atoms with van der Waals surface area (Å²) in [6, 6.07) is 0. The predicted octanol–water partition coefficient (Wildman–Crippen LogP) is 0.333. The molecule has 1 saturated carbocycles. The van der Waals surface area contributed by atoms with Crippen molar-refractivity contribution in [2.75, 3.05) is 5.32 Å². The first-order chi connectivity index (χ1) is 6.64. The maximum absolute atomic E-state index is 11.5. The Kier molecular flexibility index (Phi) is 2.03. The van der Waals surface area contributed by atoms with Gasteiger partial charge in [-0.15, -0.1) is 0 Å². The van der Waals surface area contributed by atoms with E-state index in [0.717, 1.165) is 19.4 Å². The summed E-state index contributed by atoms with van der Waals surface area (Å²) in [5.41, 5.74) is 5.84. The summed E-state index contributed by atoms with van der Waals surface area (Å²) in [5.74, 6) is -0.104. The van der Waals surface area contributed by atoms with Crippen LogP contribution in [-0.2, 0) is 11.3 Å². The lowest BCUT2D eigenvalue weighted by molar-refractivity contribution is -0.118. The second-order valence-electron chi connectivity index (χ2n) is 3.69. The van der Waals surface area contributed by atoms with E-state index in [1.54, 1.807) is 17.1 Å². The van der Waals surface area contributed by atoms with Gasteiger partial charge in [-0.2, -0.15) is 5.10 Å². The number of aromatic nitrogens is 2. The van der Waals surface area contributed by atoms with Gasteiger partial charge in [-0.25, -0.2) is 0 Å². The molecule has 1 aromatic heterocycles. The van der Waals surface area contributed by atoms with E-state index in [1.807, 2.05) is 6.92 Å². The molecule has 0 spiro atoms. The van der Waals surface area contributed by atoms with E-state index < -0.39 is 5.54 Å². The molecule has 0 saturated heterocycles. The average Bonchev–Trinajstić information content (AvgIpc) is 2.77. The van der Waals surface area contributed by atoms with Crippen LogP contribution in [-0.4, -0.2) is 21.2 Å². The molecule has 1 aromatic rings. The first-order valence-corrected chi connectivity index (χ1v) is 4.77. The van der Waals surface area contributed by atoms with Crippen LogP contribution in [0, 0.1) is 0 Å². The lowest BCUT2D eigenvalue weighted by Gasteiger charge is -2.07. The molecule has 76 valence electrons. The van der Waals surface area contributed by atoms with Crippen LogP contribution in [0.5, 0.6) is 0 Å². The number of carbonyl (C=O) groups is 1. The average molecular weight is 194 g/mol. The highest BCUT2D eigenvalue weighted by atomic mass is 16.2. The van der Waals surface area contributed by atoms with Crippen LogP contribution in [0.2, 0.25) is 0 Å². The Morgan fingerprint density at radius 3 is 3.00 bits per heavy atom. The highest BCUT2D eigenvalue weighted by molar-refractivity contribution is 5.99. The van der Waals surface area contributed by atoms with Crippen molar-refractivity contribution in [1.29, 1.82) is 0 Å². The molecule has 3 N–H and O–H groups in total. The number of amides is 1. The molecule has 0 unspecified atom stereocenters. The molecule has 1 amide bonds. The van der Waals surface area contributed by atoms with Crippen LogP contribution >= 0.6 is 0 Å². The maximum Gasteiger partial charge on any atom is 0.244 e. The van der Waals surface area contributed by atoms with Gasteiger partial charge in [0.25, 0.3) is 0 Å². The summed E-state index contributed by atoms with van der Waals surface area (Å²) in [4.78, 5) is 11.5. The number of hydrogen-bond acceptors (Lipinski definition) is 3. The zero-order valence-electron chi connectivity index (χ0n) is 8.16. The molecule has 0 atom stereocenters. The fraction of sp³-hybridized carbons (Fsp3) is 0.556. The lowest BCUT2D eigenvalue weighted by atomic mass is 10.3. The van der Waals surface area contributed by atoms with Crippen molar-refractivity contribution < 1.29 is 4.79 Å². The van der Waals surface area contributed by atoms with Gasteiger partial charge in [0.05, 0.1) is 17.4 Å². The molecule has 1 heterocycles. The Morgan fingerprint density at radius 1 is 1.79 bits per heavy atom. The molecule has 5 nitrogen and oxygen atoms in total. The van der Waals surface area contributed by atoms with Crippen LogP contribution in [0.3, 0.4) is 0 Å². The van der Waals surface area contributed by atoms with E-state index in [-0.39, 0.29) is 5.91 Å². The van der Waals surface area contributed by atoms with Crippen LogP contribution in [0.4, 0.5) is 5.69 Å². The first-order valence-electron chi connectivity index (χ1n) is 4.77. The zero-order valence-corrected chi connectivity index (χ0v) is 8.16. The minimum Gasteiger partial charge on any atom is -0.322 e. The van der Waals surface area contributed by atoms with Gasteiger partial charge in [-0.3, -0.25) is 9.48 Å². The normalized spacial score (nSPS) is 17.9. The largest absolute Gasteiger partial charge is 0.322 e. The van der Waals surface area contributed by atoms with E-state index in [4.69, 9.17) is 5.73 Å². The van der Waals surface area contributed by atoms with Gasteiger partial charge in [0.1, 0.15) is 0 Å². The molecule has 0 bridgehead atoms. The standard InChI is InChI=1S/C9H14N4O/c1-2-13-6-7(5-11-13)12-8(14)9(10)3-4-9/h5-6H,2-4,10H2,1H3,(H,12,14). The van der Waals surface area contributed by atoms with Crippen LogP contribution in [0.15, 0.2) is 12.4 Å². The first kappa shape index (κ1) is 9.21. The maximum atomic E-state index is 11.5. The van der Waals surface area contributed by atoms with Crippen molar-refractivity contribution in [2.45, 2.75) is 31.8 Å². The Bertz CT molecular complexity index is 353. The van der Waals surface area contributed by atoms with Gasteiger partial charge in [0, 0.05) is 12.7 Å². The summed E-state index contributed by atoms with van der Waals surface area (Å²) < 4.78 is 1.76. The smallest absolute Gasteiger partial charge is 0.244 e. The molecule has 0 aromatic carbocycles. The number of rotatable bonds is 3. The van der Waals surface area contributed by atoms with Crippen molar-refractivity contribution in [1.82, 2.24) is 9.78 Å². The van der Waals surface area contributed by atoms with Gasteiger partial charge in [-0.1, -0.05) is 0 Å². The molecule has 1 aliphatic rings. The number of carbonyl (C=O) groups excluding carboxylic acids is 1. The van der Waals surface area contributed by atoms with Crippen molar-refractivity contribution in [3.8, 4) is 0 Å². The van der Waals surface area contributed by atoms with Crippen LogP contribution < -0.4 is 11.1 Å². The molecular weight excluding hydrogens is 180 g/mol. The summed E-state index contributed by atoms with van der Waals surface area (Å²) in [7, 11) is 0. The highest BCUT2D eigenvalue weighted by Gasteiger charge is 2.45. The zero-order chi connectivity index (χ0) is 10.2. The molecular formula is C9H14N4O. The number of nitrogens with two attached hydrogens (primary N) is 1. The van der Waals surface area contributed by atoms with Crippen LogP contribution in [0.25, 0.3) is 0 Å². The molecule has 0 aliphatic heterocycles. The number of hydrogen-bond donors (Lipinski definition) is 2. The van der Waals surface area contributed by atoms with Crippen LogP contribution in [0.1, 0.15) is 19.8 Å². The predicted molar refractivity (Wildman–Crippen MR) is 52.7 cm³/mol. The molecule has 14 heavy (non-hydrogen) atoms. The lowest BCUT2D eigenvalue weighted by Crippen LogP contribution is -2.37. The second-order valence-corrected chi connectivity index (χ2v) is 3.69. The number of nitrogens with one attached hydrogen (secondary N) is 1. The Morgan fingerprint density at radius 2 is 2.50 bits per heavy atom. The van der Waals surface area contributed by atoms with Crippen molar-refractivity contribution >= 4 is 11.6 Å². The van der Waals surface area contributed by atoms with Crippen molar-refractivity contribution in [3.05, 3.63) is 12.4 Å². The fourth-order valence-electron chi connectivity index (χ4n) is 1.22. The number of aryl methyl sites for hydroxylation is 1. The minimum absolute atomic E-state index is 0.104. The highest BCUT2D eigenvalue weighted by Crippen LogP contribution is 2.33. The minimum atomic E-state index is -0.617. The van der Waals surface area contributed by atoms with E-state index in [2.05, 4.69) is 10.4 Å². The Balaban J connectivity index is 2.00. The van der Waals surface area contributed by atoms with E-state index in [1.165, 1.54) is 0 Å². The van der Waals surface area contributed by atoms with Gasteiger partial charge in [-0.05, 0) is 19.8 Å². The fourth-order valence-corrected chi connectivity index (χ4v) is 1.22. The number of nitrogens with zero attached hydrogens (tertiary/aromatic N) is 2. The quantitative estimate of drug-likeness (QED) is 0.728. The number of anilines is 1. The van der Waals surface area contributed by atoms with E-state index >= 15 is 0 Å². The molecule has 5 heteroatoms.